The minimum Gasteiger partial charge on any atom is -0.379 e. The number of nitrogens with zero attached hydrogens (tertiary/aromatic N) is 2. The van der Waals surface area contributed by atoms with Gasteiger partial charge in [0.15, 0.2) is 0 Å². The maximum atomic E-state index is 5.36. The summed E-state index contributed by atoms with van der Waals surface area (Å²) in [5.74, 6) is 0. The van der Waals surface area contributed by atoms with Gasteiger partial charge in [-0.3, -0.25) is 9.89 Å². The Kier molecular flexibility index (Phi) is 6.54. The summed E-state index contributed by atoms with van der Waals surface area (Å²) in [4.78, 5) is 9.33. The molecule has 0 unspecified atom stereocenters. The normalized spacial score (nSPS) is 17.3. The van der Waals surface area contributed by atoms with Crippen molar-refractivity contribution >= 4 is 17.6 Å². The molecule has 4 heteroatoms. The van der Waals surface area contributed by atoms with E-state index in [9.17, 15) is 0 Å². The average molecular weight is 280 g/mol. The van der Waals surface area contributed by atoms with Gasteiger partial charge in [0.2, 0.25) is 0 Å². The smallest absolute Gasteiger partial charge is 0.0594 e. The highest BCUT2D eigenvalue weighted by Gasteiger charge is 2.09. The van der Waals surface area contributed by atoms with Crippen molar-refractivity contribution in [2.45, 2.75) is 25.7 Å². The monoisotopic (exact) mass is 280 g/mol. The first-order chi connectivity index (χ1) is 9.38. The first kappa shape index (κ1) is 14.7. The maximum absolute atomic E-state index is 5.36. The third kappa shape index (κ3) is 5.43. The van der Waals surface area contributed by atoms with Crippen LogP contribution in [0.4, 0.5) is 0 Å². The topological polar surface area (TPSA) is 24.8 Å². The third-order valence-electron chi connectivity index (χ3n) is 3.44. The molecule has 0 aliphatic carbocycles. The average Bonchev–Trinajstić information content (AvgIpc) is 2.88. The number of unbranched alkanes of at least 4 members (excludes halogenated alkanes) is 2. The highest BCUT2D eigenvalue weighted by molar-refractivity contribution is 7.13. The minimum atomic E-state index is 0.914. The molecule has 0 bridgehead atoms. The lowest BCUT2D eigenvalue weighted by Crippen LogP contribution is -2.36. The van der Waals surface area contributed by atoms with Crippen molar-refractivity contribution in [1.82, 2.24) is 4.90 Å². The molecule has 0 amide bonds. The van der Waals surface area contributed by atoms with E-state index in [1.165, 1.54) is 42.0 Å². The van der Waals surface area contributed by atoms with E-state index in [4.69, 9.17) is 4.74 Å². The SMILES string of the molecule is C/N=C/c1ccc(CCCCCN2CCOCC2)s1. The molecular weight excluding hydrogens is 256 g/mol. The number of thiophene rings is 1. The zero-order valence-electron chi connectivity index (χ0n) is 11.8. The van der Waals surface area contributed by atoms with Crippen molar-refractivity contribution in [2.75, 3.05) is 39.9 Å². The van der Waals surface area contributed by atoms with Crippen LogP contribution in [0.5, 0.6) is 0 Å². The highest BCUT2D eigenvalue weighted by atomic mass is 32.1. The fourth-order valence-corrected chi connectivity index (χ4v) is 3.34. The number of hydrogen-bond acceptors (Lipinski definition) is 4. The second-order valence-electron chi connectivity index (χ2n) is 4.96. The molecule has 1 saturated heterocycles. The summed E-state index contributed by atoms with van der Waals surface area (Å²) in [6.45, 7) is 5.30. The van der Waals surface area contributed by atoms with Gasteiger partial charge in [-0.15, -0.1) is 11.3 Å². The fraction of sp³-hybridized carbons (Fsp3) is 0.667. The molecule has 0 N–H and O–H groups in total. The van der Waals surface area contributed by atoms with E-state index in [1.54, 1.807) is 0 Å². The van der Waals surface area contributed by atoms with E-state index in [0.717, 1.165) is 26.3 Å². The summed E-state index contributed by atoms with van der Waals surface area (Å²) in [5, 5.41) is 0. The van der Waals surface area contributed by atoms with E-state index >= 15 is 0 Å². The van der Waals surface area contributed by atoms with Crippen LogP contribution in [-0.4, -0.2) is 51.0 Å². The molecule has 1 fully saturated rings. The summed E-state index contributed by atoms with van der Waals surface area (Å²) < 4.78 is 5.36. The van der Waals surface area contributed by atoms with E-state index in [2.05, 4.69) is 22.0 Å². The fourth-order valence-electron chi connectivity index (χ4n) is 2.36. The van der Waals surface area contributed by atoms with Crippen LogP contribution in [-0.2, 0) is 11.2 Å². The first-order valence-corrected chi connectivity index (χ1v) is 8.01. The van der Waals surface area contributed by atoms with Gasteiger partial charge in [-0.1, -0.05) is 6.42 Å². The van der Waals surface area contributed by atoms with Crippen LogP contribution in [0.15, 0.2) is 17.1 Å². The minimum absolute atomic E-state index is 0.914. The van der Waals surface area contributed by atoms with Gasteiger partial charge in [-0.25, -0.2) is 0 Å². The summed E-state index contributed by atoms with van der Waals surface area (Å²) >= 11 is 1.87. The van der Waals surface area contributed by atoms with E-state index < -0.39 is 0 Å². The summed E-state index contributed by atoms with van der Waals surface area (Å²) in [6, 6.07) is 4.41. The van der Waals surface area contributed by atoms with Crippen molar-refractivity contribution < 1.29 is 4.74 Å². The maximum Gasteiger partial charge on any atom is 0.0594 e. The molecule has 0 saturated carbocycles. The Balaban J connectivity index is 1.55. The van der Waals surface area contributed by atoms with Crippen molar-refractivity contribution in [3.8, 4) is 0 Å². The van der Waals surface area contributed by atoms with Crippen LogP contribution in [0.3, 0.4) is 0 Å². The lowest BCUT2D eigenvalue weighted by atomic mass is 10.1. The van der Waals surface area contributed by atoms with Gasteiger partial charge >= 0.3 is 0 Å². The van der Waals surface area contributed by atoms with Crippen LogP contribution in [0.25, 0.3) is 0 Å². The Bertz CT molecular complexity index is 383. The van der Waals surface area contributed by atoms with Gasteiger partial charge in [-0.2, -0.15) is 0 Å². The predicted molar refractivity (Wildman–Crippen MR) is 82.7 cm³/mol. The van der Waals surface area contributed by atoms with Crippen molar-refractivity contribution in [3.05, 3.63) is 21.9 Å². The zero-order chi connectivity index (χ0) is 13.3. The molecule has 1 aliphatic rings. The molecule has 2 heterocycles. The standard InChI is InChI=1S/C15H24N2OS/c1-16-13-15-7-6-14(19-15)5-3-2-4-8-17-9-11-18-12-10-17/h6-7,13H,2-5,8-12H2,1H3/b16-13+. The van der Waals surface area contributed by atoms with Gasteiger partial charge in [0, 0.05) is 36.1 Å². The number of morpholine rings is 1. The lowest BCUT2D eigenvalue weighted by molar-refractivity contribution is 0.0371. The van der Waals surface area contributed by atoms with Gasteiger partial charge < -0.3 is 4.74 Å². The molecule has 0 spiro atoms. The van der Waals surface area contributed by atoms with E-state index in [0.29, 0.717) is 0 Å². The third-order valence-corrected chi connectivity index (χ3v) is 4.52. The van der Waals surface area contributed by atoms with Crippen LogP contribution in [0.2, 0.25) is 0 Å². The van der Waals surface area contributed by atoms with Gasteiger partial charge in [0.05, 0.1) is 13.2 Å². The quantitative estimate of drug-likeness (QED) is 0.567. The van der Waals surface area contributed by atoms with Crippen molar-refractivity contribution in [1.29, 1.82) is 0 Å². The largest absolute Gasteiger partial charge is 0.379 e. The molecular formula is C15H24N2OS. The van der Waals surface area contributed by atoms with Crippen molar-refractivity contribution in [3.63, 3.8) is 0 Å². The molecule has 3 nitrogen and oxygen atoms in total. The molecule has 0 aromatic carbocycles. The summed E-state index contributed by atoms with van der Waals surface area (Å²) in [7, 11) is 1.82. The highest BCUT2D eigenvalue weighted by Crippen LogP contribution is 2.17. The summed E-state index contributed by atoms with van der Waals surface area (Å²) in [5.41, 5.74) is 0. The number of ether oxygens (including phenoxy) is 1. The van der Waals surface area contributed by atoms with Crippen LogP contribution in [0.1, 0.15) is 29.0 Å². The molecule has 1 aliphatic heterocycles. The molecule has 0 atom stereocenters. The van der Waals surface area contributed by atoms with Gasteiger partial charge in [-0.05, 0) is 37.9 Å². The molecule has 106 valence electrons. The number of aryl methyl sites for hydroxylation is 1. The molecule has 1 aromatic heterocycles. The Morgan fingerprint density at radius 1 is 1.26 bits per heavy atom. The number of aliphatic imine (C=N–C) groups is 1. The van der Waals surface area contributed by atoms with Crippen molar-refractivity contribution in [2.24, 2.45) is 4.99 Å². The lowest BCUT2D eigenvalue weighted by Gasteiger charge is -2.26. The predicted octanol–water partition coefficient (Wildman–Crippen LogP) is 2.84. The first-order valence-electron chi connectivity index (χ1n) is 7.19. The van der Waals surface area contributed by atoms with Gasteiger partial charge in [0.25, 0.3) is 0 Å². The Morgan fingerprint density at radius 3 is 2.89 bits per heavy atom. The molecule has 0 radical (unpaired) electrons. The Labute approximate surface area is 120 Å². The summed E-state index contributed by atoms with van der Waals surface area (Å²) in [6.07, 6.45) is 7.09. The second-order valence-corrected chi connectivity index (χ2v) is 6.16. The van der Waals surface area contributed by atoms with Crippen LogP contribution in [0, 0.1) is 0 Å². The van der Waals surface area contributed by atoms with Crippen LogP contribution >= 0.6 is 11.3 Å². The Morgan fingerprint density at radius 2 is 2.11 bits per heavy atom. The zero-order valence-corrected chi connectivity index (χ0v) is 12.6. The number of hydrogen-bond donors (Lipinski definition) is 0. The van der Waals surface area contributed by atoms with E-state index in [1.807, 2.05) is 24.6 Å². The van der Waals surface area contributed by atoms with E-state index in [-0.39, 0.29) is 0 Å². The second kappa shape index (κ2) is 8.46. The Hall–Kier alpha value is -0.710. The molecule has 1 aromatic rings. The molecule has 19 heavy (non-hydrogen) atoms. The molecule has 2 rings (SSSR count). The van der Waals surface area contributed by atoms with Crippen LogP contribution < -0.4 is 0 Å². The number of rotatable bonds is 7. The van der Waals surface area contributed by atoms with Gasteiger partial charge in [0.1, 0.15) is 0 Å².